The maximum absolute atomic E-state index is 13.1. The average Bonchev–Trinajstić information content (AvgIpc) is 2.81. The van der Waals surface area contributed by atoms with Crippen LogP contribution in [0.5, 0.6) is 0 Å². The van der Waals surface area contributed by atoms with Crippen molar-refractivity contribution < 1.29 is 14.4 Å². The van der Waals surface area contributed by atoms with Crippen molar-refractivity contribution in [1.82, 2.24) is 10.2 Å². The number of para-hydroxylation sites is 2. The Morgan fingerprint density at radius 3 is 2.55 bits per heavy atom. The molecule has 0 aromatic heterocycles. The molecular weight excluding hydrogens is 368 g/mol. The van der Waals surface area contributed by atoms with Crippen LogP contribution in [0.4, 0.5) is 11.4 Å². The van der Waals surface area contributed by atoms with Crippen LogP contribution in [-0.2, 0) is 16.1 Å². The Morgan fingerprint density at radius 1 is 1.17 bits per heavy atom. The first-order valence-electron chi connectivity index (χ1n) is 9.59. The lowest BCUT2D eigenvalue weighted by Gasteiger charge is -2.29. The summed E-state index contributed by atoms with van der Waals surface area (Å²) in [6.45, 7) is 2.67. The van der Waals surface area contributed by atoms with Gasteiger partial charge in [0, 0.05) is 31.6 Å². The number of benzene rings is 2. The number of anilines is 2. The van der Waals surface area contributed by atoms with E-state index < -0.39 is 0 Å². The molecule has 0 aliphatic carbocycles. The average molecular weight is 394 g/mol. The van der Waals surface area contributed by atoms with Crippen LogP contribution < -0.4 is 15.5 Å². The van der Waals surface area contributed by atoms with Crippen LogP contribution in [0.3, 0.4) is 0 Å². The van der Waals surface area contributed by atoms with Gasteiger partial charge in [-0.3, -0.25) is 19.3 Å². The molecule has 7 nitrogen and oxygen atoms in total. The molecule has 2 N–H and O–H groups in total. The smallest absolute Gasteiger partial charge is 0.251 e. The summed E-state index contributed by atoms with van der Waals surface area (Å²) < 4.78 is 0. The minimum Gasteiger partial charge on any atom is -0.355 e. The Hall–Kier alpha value is -3.19. The summed E-state index contributed by atoms with van der Waals surface area (Å²) in [6, 6.07) is 14.5. The van der Waals surface area contributed by atoms with Gasteiger partial charge in [0.1, 0.15) is 0 Å². The molecule has 0 radical (unpaired) electrons. The van der Waals surface area contributed by atoms with Crippen molar-refractivity contribution in [2.75, 3.05) is 30.9 Å². The lowest BCUT2D eigenvalue weighted by atomic mass is 10.1. The normalized spacial score (nSPS) is 16.1. The largest absolute Gasteiger partial charge is 0.355 e. The maximum atomic E-state index is 13.1. The van der Waals surface area contributed by atoms with Gasteiger partial charge in [0.2, 0.25) is 11.8 Å². The molecule has 0 spiro atoms. The predicted molar refractivity (Wildman–Crippen MR) is 113 cm³/mol. The first kappa shape index (κ1) is 20.5. The highest BCUT2D eigenvalue weighted by atomic mass is 16.2. The number of nitrogens with zero attached hydrogens (tertiary/aromatic N) is 2. The molecule has 152 valence electrons. The molecule has 3 amide bonds. The third-order valence-electron chi connectivity index (χ3n) is 4.93. The molecule has 2 aromatic carbocycles. The summed E-state index contributed by atoms with van der Waals surface area (Å²) in [5.74, 6) is -0.284. The molecule has 3 rings (SSSR count). The minimum atomic E-state index is -0.230. The van der Waals surface area contributed by atoms with Crippen LogP contribution in [-0.4, -0.2) is 49.3 Å². The van der Waals surface area contributed by atoms with Crippen molar-refractivity contribution in [3.05, 3.63) is 59.7 Å². The van der Waals surface area contributed by atoms with Gasteiger partial charge in [0.25, 0.3) is 5.91 Å². The van der Waals surface area contributed by atoms with Gasteiger partial charge >= 0.3 is 0 Å². The first-order chi connectivity index (χ1) is 13.9. The van der Waals surface area contributed by atoms with E-state index in [0.717, 1.165) is 11.3 Å². The maximum Gasteiger partial charge on any atom is 0.251 e. The van der Waals surface area contributed by atoms with Crippen molar-refractivity contribution in [3.63, 3.8) is 0 Å². The van der Waals surface area contributed by atoms with E-state index in [1.807, 2.05) is 55.3 Å². The molecule has 1 unspecified atom stereocenters. The van der Waals surface area contributed by atoms with E-state index in [2.05, 4.69) is 10.6 Å². The van der Waals surface area contributed by atoms with Crippen molar-refractivity contribution in [1.29, 1.82) is 0 Å². The summed E-state index contributed by atoms with van der Waals surface area (Å²) in [5.41, 5.74) is 2.98. The lowest BCUT2D eigenvalue weighted by molar-refractivity contribution is -0.120. The standard InChI is InChI=1S/C22H26N4O3/c1-15-12-20(27)24-18-6-4-5-7-19(18)26(15)21(28)14-25(3)13-16-8-10-17(11-9-16)22(29)23-2/h4-11,15H,12-14H2,1-3H3,(H,23,29)(H,24,27). The van der Waals surface area contributed by atoms with Crippen LogP contribution in [0.25, 0.3) is 0 Å². The summed E-state index contributed by atoms with van der Waals surface area (Å²) in [7, 11) is 3.48. The van der Waals surface area contributed by atoms with Gasteiger partial charge in [-0.25, -0.2) is 0 Å². The van der Waals surface area contributed by atoms with Gasteiger partial charge in [0.15, 0.2) is 0 Å². The van der Waals surface area contributed by atoms with E-state index in [9.17, 15) is 14.4 Å². The minimum absolute atomic E-state index is 0.0640. The summed E-state index contributed by atoms with van der Waals surface area (Å²) in [4.78, 5) is 40.5. The van der Waals surface area contributed by atoms with Gasteiger partial charge in [-0.15, -0.1) is 0 Å². The number of amides is 3. The molecule has 0 saturated heterocycles. The number of rotatable bonds is 5. The van der Waals surface area contributed by atoms with Gasteiger partial charge in [-0.1, -0.05) is 24.3 Å². The zero-order chi connectivity index (χ0) is 21.0. The van der Waals surface area contributed by atoms with Gasteiger partial charge in [0.05, 0.1) is 17.9 Å². The lowest BCUT2D eigenvalue weighted by Crippen LogP contribution is -2.44. The quantitative estimate of drug-likeness (QED) is 0.815. The molecule has 0 fully saturated rings. The Morgan fingerprint density at radius 2 is 1.86 bits per heavy atom. The second-order valence-corrected chi connectivity index (χ2v) is 7.33. The number of likely N-dealkylation sites (N-methyl/N-ethyl adjacent to an activating group) is 1. The van der Waals surface area contributed by atoms with Crippen LogP contribution in [0, 0.1) is 0 Å². The second-order valence-electron chi connectivity index (χ2n) is 7.33. The molecule has 1 aliphatic heterocycles. The monoisotopic (exact) mass is 394 g/mol. The Labute approximate surface area is 170 Å². The fourth-order valence-corrected chi connectivity index (χ4v) is 3.55. The Balaban J connectivity index is 1.70. The number of hydrogen-bond acceptors (Lipinski definition) is 4. The van der Waals surface area contributed by atoms with E-state index >= 15 is 0 Å². The third kappa shape index (κ3) is 4.81. The fourth-order valence-electron chi connectivity index (χ4n) is 3.55. The molecule has 29 heavy (non-hydrogen) atoms. The van der Waals surface area contributed by atoms with Crippen molar-refractivity contribution in [3.8, 4) is 0 Å². The molecule has 1 atom stereocenters. The fraction of sp³-hybridized carbons (Fsp3) is 0.318. The van der Waals surface area contributed by atoms with E-state index in [1.165, 1.54) is 0 Å². The zero-order valence-electron chi connectivity index (χ0n) is 16.9. The van der Waals surface area contributed by atoms with Crippen LogP contribution >= 0.6 is 0 Å². The Kier molecular flexibility index (Phi) is 6.29. The molecule has 7 heteroatoms. The molecule has 0 bridgehead atoms. The second kappa shape index (κ2) is 8.87. The van der Waals surface area contributed by atoms with E-state index in [4.69, 9.17) is 0 Å². The van der Waals surface area contributed by atoms with Crippen molar-refractivity contribution in [2.45, 2.75) is 25.9 Å². The molecule has 0 saturated carbocycles. The zero-order valence-corrected chi connectivity index (χ0v) is 16.9. The molecule has 1 heterocycles. The highest BCUT2D eigenvalue weighted by molar-refractivity contribution is 6.04. The van der Waals surface area contributed by atoms with Crippen LogP contribution in [0.2, 0.25) is 0 Å². The van der Waals surface area contributed by atoms with Gasteiger partial charge in [-0.05, 0) is 43.8 Å². The van der Waals surface area contributed by atoms with Gasteiger partial charge < -0.3 is 15.5 Å². The highest BCUT2D eigenvalue weighted by Crippen LogP contribution is 2.31. The van der Waals surface area contributed by atoms with Crippen molar-refractivity contribution in [2.24, 2.45) is 0 Å². The third-order valence-corrected chi connectivity index (χ3v) is 4.93. The predicted octanol–water partition coefficient (Wildman–Crippen LogP) is 2.24. The van der Waals surface area contributed by atoms with Crippen molar-refractivity contribution >= 4 is 29.1 Å². The molecular formula is C22H26N4O3. The SMILES string of the molecule is CNC(=O)c1ccc(CN(C)CC(=O)N2c3ccccc3NC(=O)CC2C)cc1. The Bertz CT molecular complexity index is 911. The highest BCUT2D eigenvalue weighted by Gasteiger charge is 2.29. The molecule has 1 aliphatic rings. The number of carbonyl (C=O) groups is 3. The topological polar surface area (TPSA) is 81.8 Å². The summed E-state index contributed by atoms with van der Waals surface area (Å²) >= 11 is 0. The van der Waals surface area contributed by atoms with Crippen LogP contribution in [0.15, 0.2) is 48.5 Å². The van der Waals surface area contributed by atoms with E-state index in [0.29, 0.717) is 17.8 Å². The number of nitrogens with one attached hydrogen (secondary N) is 2. The molecule has 2 aromatic rings. The van der Waals surface area contributed by atoms with Gasteiger partial charge in [-0.2, -0.15) is 0 Å². The van der Waals surface area contributed by atoms with Crippen LogP contribution in [0.1, 0.15) is 29.3 Å². The number of carbonyl (C=O) groups excluding carboxylic acids is 3. The summed E-state index contributed by atoms with van der Waals surface area (Å²) in [5, 5.41) is 5.47. The van der Waals surface area contributed by atoms with E-state index in [-0.39, 0.29) is 36.7 Å². The summed E-state index contributed by atoms with van der Waals surface area (Å²) in [6.07, 6.45) is 0.255. The van der Waals surface area contributed by atoms with E-state index in [1.54, 1.807) is 24.1 Å². The number of fused-ring (bicyclic) bond motifs is 1. The number of hydrogen-bond donors (Lipinski definition) is 2. The first-order valence-corrected chi connectivity index (χ1v) is 9.59.